The predicted octanol–water partition coefficient (Wildman–Crippen LogP) is 0.740. The molecule has 0 aliphatic heterocycles. The smallest absolute Gasteiger partial charge is 0.390 e. The molecule has 1 aromatic heterocycles. The minimum atomic E-state index is -0.574. The molecule has 9 heteroatoms. The number of aryl methyl sites for hydroxylation is 1. The molecule has 1 heterocycles. The monoisotopic (exact) mass is 291 g/mol. The summed E-state index contributed by atoms with van der Waals surface area (Å²) < 4.78 is 6.81. The van der Waals surface area contributed by atoms with E-state index < -0.39 is 10.8 Å². The highest BCUT2D eigenvalue weighted by Gasteiger charge is 2.15. The molecule has 2 aromatic rings. The molecule has 0 aliphatic carbocycles. The van der Waals surface area contributed by atoms with E-state index in [1.807, 2.05) is 5.43 Å². The number of hydrogen-bond donors (Lipinski definition) is 2. The summed E-state index contributed by atoms with van der Waals surface area (Å²) >= 11 is 0. The summed E-state index contributed by atoms with van der Waals surface area (Å²) in [6.45, 7) is 1.68. The van der Waals surface area contributed by atoms with E-state index in [1.165, 1.54) is 16.8 Å². The van der Waals surface area contributed by atoms with Gasteiger partial charge in [-0.05, 0) is 30.0 Å². The second kappa shape index (κ2) is 6.01. The van der Waals surface area contributed by atoms with Gasteiger partial charge in [-0.3, -0.25) is 10.2 Å². The van der Waals surface area contributed by atoms with Crippen LogP contribution in [-0.2, 0) is 6.73 Å². The van der Waals surface area contributed by atoms with E-state index in [0.29, 0.717) is 17.0 Å². The average Bonchev–Trinajstić information content (AvgIpc) is 2.86. The van der Waals surface area contributed by atoms with Crippen molar-refractivity contribution in [2.45, 2.75) is 13.7 Å². The fourth-order valence-corrected chi connectivity index (χ4v) is 1.66. The van der Waals surface area contributed by atoms with Crippen molar-refractivity contribution in [3.63, 3.8) is 0 Å². The molecule has 21 heavy (non-hydrogen) atoms. The van der Waals surface area contributed by atoms with Crippen LogP contribution in [0.1, 0.15) is 16.1 Å². The van der Waals surface area contributed by atoms with Crippen LogP contribution in [0.4, 0.5) is 5.82 Å². The zero-order valence-electron chi connectivity index (χ0n) is 11.1. The van der Waals surface area contributed by atoms with Gasteiger partial charge in [0.1, 0.15) is 5.75 Å². The van der Waals surface area contributed by atoms with Crippen LogP contribution < -0.4 is 16.0 Å². The van der Waals surface area contributed by atoms with Crippen LogP contribution in [0.5, 0.6) is 5.75 Å². The largest absolute Gasteiger partial charge is 0.469 e. The molecule has 0 unspecified atom stereocenters. The minimum absolute atomic E-state index is 0.00658. The first-order chi connectivity index (χ1) is 10.0. The standard InChI is InChI=1S/C12H13N5O4/c1-8-5-11(17(19)20)15-16(8)7-21-10-4-2-3-9(6-10)12(18)14-13/h2-6H,7,13H2,1H3,(H,14,18). The lowest BCUT2D eigenvalue weighted by molar-refractivity contribution is -0.389. The number of nitrogens with zero attached hydrogens (tertiary/aromatic N) is 3. The number of benzene rings is 1. The molecule has 1 amide bonds. The van der Waals surface area contributed by atoms with Crippen molar-refractivity contribution in [3.05, 3.63) is 51.7 Å². The zero-order valence-corrected chi connectivity index (χ0v) is 11.1. The lowest BCUT2D eigenvalue weighted by Gasteiger charge is -2.06. The molecule has 0 saturated carbocycles. The van der Waals surface area contributed by atoms with Crippen molar-refractivity contribution in [2.75, 3.05) is 0 Å². The summed E-state index contributed by atoms with van der Waals surface area (Å²) in [5, 5.41) is 14.4. The Morgan fingerprint density at radius 3 is 2.90 bits per heavy atom. The van der Waals surface area contributed by atoms with Crippen molar-refractivity contribution >= 4 is 11.7 Å². The Morgan fingerprint density at radius 1 is 1.52 bits per heavy atom. The van der Waals surface area contributed by atoms with Crippen LogP contribution in [-0.4, -0.2) is 20.6 Å². The Kier molecular flexibility index (Phi) is 4.14. The van der Waals surface area contributed by atoms with Crippen LogP contribution in [0.2, 0.25) is 0 Å². The minimum Gasteiger partial charge on any atom is -0.469 e. The topological polar surface area (TPSA) is 125 Å². The first-order valence-electron chi connectivity index (χ1n) is 5.94. The fraction of sp³-hybridized carbons (Fsp3) is 0.167. The number of nitrogens with one attached hydrogen (secondary N) is 1. The number of nitro groups is 1. The van der Waals surface area contributed by atoms with Crippen LogP contribution in [0.3, 0.4) is 0 Å². The van der Waals surface area contributed by atoms with Gasteiger partial charge in [0.25, 0.3) is 5.91 Å². The normalized spacial score (nSPS) is 10.2. The number of aromatic nitrogens is 2. The van der Waals surface area contributed by atoms with Gasteiger partial charge in [-0.25, -0.2) is 5.84 Å². The zero-order chi connectivity index (χ0) is 15.4. The summed E-state index contributed by atoms with van der Waals surface area (Å²) in [7, 11) is 0. The third-order valence-corrected chi connectivity index (χ3v) is 2.74. The summed E-state index contributed by atoms with van der Waals surface area (Å²) in [5.41, 5.74) is 2.96. The molecule has 110 valence electrons. The summed E-state index contributed by atoms with van der Waals surface area (Å²) in [6.07, 6.45) is 0. The first kappa shape index (κ1) is 14.5. The van der Waals surface area contributed by atoms with Gasteiger partial charge in [0.15, 0.2) is 0 Å². The Labute approximate surface area is 119 Å². The molecule has 9 nitrogen and oxygen atoms in total. The number of amides is 1. The fourth-order valence-electron chi connectivity index (χ4n) is 1.66. The van der Waals surface area contributed by atoms with Gasteiger partial charge in [-0.2, -0.15) is 0 Å². The van der Waals surface area contributed by atoms with Gasteiger partial charge in [0, 0.05) is 5.56 Å². The third kappa shape index (κ3) is 3.34. The Balaban J connectivity index is 2.09. The van der Waals surface area contributed by atoms with Gasteiger partial charge >= 0.3 is 5.82 Å². The first-order valence-corrected chi connectivity index (χ1v) is 5.94. The highest BCUT2D eigenvalue weighted by molar-refractivity contribution is 5.94. The van der Waals surface area contributed by atoms with Crippen LogP contribution in [0, 0.1) is 17.0 Å². The molecular formula is C12H13N5O4. The van der Waals surface area contributed by atoms with Gasteiger partial charge in [0.2, 0.25) is 6.73 Å². The highest BCUT2D eigenvalue weighted by Crippen LogP contribution is 2.15. The van der Waals surface area contributed by atoms with Crippen LogP contribution in [0.15, 0.2) is 30.3 Å². The molecule has 1 aromatic carbocycles. The number of nitrogen functional groups attached to an aromatic ring is 1. The van der Waals surface area contributed by atoms with E-state index in [2.05, 4.69) is 5.10 Å². The van der Waals surface area contributed by atoms with Crippen molar-refractivity contribution in [2.24, 2.45) is 5.84 Å². The van der Waals surface area contributed by atoms with E-state index in [0.717, 1.165) is 0 Å². The summed E-state index contributed by atoms with van der Waals surface area (Å²) in [6, 6.07) is 7.73. The van der Waals surface area contributed by atoms with Crippen LogP contribution >= 0.6 is 0 Å². The molecule has 0 aliphatic rings. The number of rotatable bonds is 5. The maximum atomic E-state index is 11.4. The van der Waals surface area contributed by atoms with Crippen molar-refractivity contribution in [3.8, 4) is 5.75 Å². The Morgan fingerprint density at radius 2 is 2.29 bits per heavy atom. The van der Waals surface area contributed by atoms with Gasteiger partial charge < -0.3 is 14.9 Å². The number of carbonyl (C=O) groups is 1. The summed E-state index contributed by atoms with van der Waals surface area (Å²) in [5.74, 6) is 4.79. The number of carbonyl (C=O) groups excluding carboxylic acids is 1. The van der Waals surface area contributed by atoms with Crippen molar-refractivity contribution in [1.82, 2.24) is 15.2 Å². The lowest BCUT2D eigenvalue weighted by atomic mass is 10.2. The molecule has 0 bridgehead atoms. The molecule has 0 atom stereocenters. The molecule has 0 fully saturated rings. The molecule has 0 saturated heterocycles. The maximum Gasteiger partial charge on any atom is 0.390 e. The van der Waals surface area contributed by atoms with E-state index >= 15 is 0 Å². The molecule has 0 spiro atoms. The van der Waals surface area contributed by atoms with E-state index in [4.69, 9.17) is 10.6 Å². The van der Waals surface area contributed by atoms with E-state index in [9.17, 15) is 14.9 Å². The number of hydrogen-bond acceptors (Lipinski definition) is 6. The predicted molar refractivity (Wildman–Crippen MR) is 72.3 cm³/mol. The number of ether oxygens (including phenoxy) is 1. The lowest BCUT2D eigenvalue weighted by Crippen LogP contribution is -2.29. The molecule has 0 radical (unpaired) electrons. The maximum absolute atomic E-state index is 11.4. The van der Waals surface area contributed by atoms with E-state index in [-0.39, 0.29) is 12.5 Å². The second-order valence-corrected chi connectivity index (χ2v) is 4.18. The van der Waals surface area contributed by atoms with Crippen LogP contribution in [0.25, 0.3) is 0 Å². The Bertz CT molecular complexity index is 682. The van der Waals surface area contributed by atoms with Gasteiger partial charge in [-0.15, -0.1) is 4.68 Å². The highest BCUT2D eigenvalue weighted by atomic mass is 16.6. The average molecular weight is 291 g/mol. The van der Waals surface area contributed by atoms with Crippen molar-refractivity contribution < 1.29 is 14.5 Å². The molecule has 2 rings (SSSR count). The SMILES string of the molecule is Cc1cc([N+](=O)[O-])nn1COc1cccc(C(=O)NN)c1. The molecular weight excluding hydrogens is 278 g/mol. The summed E-state index contributed by atoms with van der Waals surface area (Å²) in [4.78, 5) is 21.4. The number of nitrogens with two attached hydrogens (primary N) is 1. The second-order valence-electron chi connectivity index (χ2n) is 4.18. The van der Waals surface area contributed by atoms with Crippen molar-refractivity contribution in [1.29, 1.82) is 0 Å². The molecule has 3 N–H and O–H groups in total. The third-order valence-electron chi connectivity index (χ3n) is 2.74. The van der Waals surface area contributed by atoms with Gasteiger partial charge in [0.05, 0.1) is 16.9 Å². The van der Waals surface area contributed by atoms with Gasteiger partial charge in [-0.1, -0.05) is 6.07 Å². The van der Waals surface area contributed by atoms with E-state index in [1.54, 1.807) is 25.1 Å². The Hall–Kier alpha value is -2.94. The number of hydrazine groups is 1. The quantitative estimate of drug-likeness (QED) is 0.362.